The van der Waals surface area contributed by atoms with Gasteiger partial charge in [-0.2, -0.15) is 0 Å². The molecule has 1 fully saturated rings. The molecule has 0 bridgehead atoms. The summed E-state index contributed by atoms with van der Waals surface area (Å²) in [7, 11) is 0. The van der Waals surface area contributed by atoms with Crippen LogP contribution in [0.4, 0.5) is 0 Å². The first-order valence-electron chi connectivity index (χ1n) is 14.2. The van der Waals surface area contributed by atoms with Crippen LogP contribution < -0.4 is 21.5 Å². The topological polar surface area (TPSA) is 22.3 Å². The summed E-state index contributed by atoms with van der Waals surface area (Å²) in [6, 6.07) is 4.52. The number of ether oxygens (including phenoxy) is 2. The van der Waals surface area contributed by atoms with Crippen molar-refractivity contribution in [2.45, 2.75) is 135 Å². The van der Waals surface area contributed by atoms with Crippen molar-refractivity contribution in [1.82, 2.24) is 0 Å². The molecule has 1 aliphatic heterocycles. The van der Waals surface area contributed by atoms with Crippen LogP contribution in [0.1, 0.15) is 121 Å². The van der Waals surface area contributed by atoms with Gasteiger partial charge in [-0.15, -0.1) is 6.58 Å². The highest BCUT2D eigenvalue weighted by molar-refractivity contribution is 5.05. The molecular weight excluding hydrogens is 486 g/mol. The predicted molar refractivity (Wildman–Crippen MR) is 139 cm³/mol. The summed E-state index contributed by atoms with van der Waals surface area (Å²) in [5.74, 6) is 0. The third-order valence-corrected chi connectivity index (χ3v) is 6.80. The Balaban J connectivity index is 0.00000578. The first-order chi connectivity index (χ1) is 16.4. The normalized spacial score (nSPS) is 15.7. The van der Waals surface area contributed by atoms with E-state index in [4.69, 9.17) is 9.47 Å². The van der Waals surface area contributed by atoms with Crippen molar-refractivity contribution in [1.29, 1.82) is 0 Å². The number of halogens is 1. The molecule has 1 unspecified atom stereocenters. The van der Waals surface area contributed by atoms with Crippen molar-refractivity contribution in [3.05, 3.63) is 42.7 Å². The quantitative estimate of drug-likeness (QED) is 0.123. The van der Waals surface area contributed by atoms with E-state index in [2.05, 4.69) is 35.7 Å². The SMILES string of the molecule is C=CCCCCCC[n+]1cccc(CCCCCCCCCCCCOC2CCCCO2)c1.[Br-]. The average Bonchev–Trinajstić information content (AvgIpc) is 2.85. The van der Waals surface area contributed by atoms with Gasteiger partial charge >= 0.3 is 0 Å². The van der Waals surface area contributed by atoms with Gasteiger partial charge in [0.1, 0.15) is 6.54 Å². The maximum Gasteiger partial charge on any atom is 0.171 e. The number of aromatic nitrogens is 1. The molecule has 0 aromatic carbocycles. The van der Waals surface area contributed by atoms with Gasteiger partial charge in [-0.25, -0.2) is 4.57 Å². The Hall–Kier alpha value is -0.710. The minimum absolute atomic E-state index is 0. The molecule has 0 N–H and O–H groups in total. The fourth-order valence-electron chi connectivity index (χ4n) is 4.70. The summed E-state index contributed by atoms with van der Waals surface area (Å²) in [4.78, 5) is 0. The minimum Gasteiger partial charge on any atom is -1.00 e. The number of nitrogens with zero attached hydrogens (tertiary/aromatic N) is 1. The monoisotopic (exact) mass is 537 g/mol. The Bertz CT molecular complexity index is 589. The Morgan fingerprint density at radius 1 is 0.882 bits per heavy atom. The number of allylic oxidation sites excluding steroid dienone is 1. The Morgan fingerprint density at radius 3 is 2.26 bits per heavy atom. The summed E-state index contributed by atoms with van der Waals surface area (Å²) in [5.41, 5.74) is 1.50. The molecule has 1 aromatic heterocycles. The van der Waals surface area contributed by atoms with E-state index in [0.29, 0.717) is 0 Å². The molecule has 0 saturated carbocycles. The van der Waals surface area contributed by atoms with E-state index in [1.165, 1.54) is 115 Å². The summed E-state index contributed by atoms with van der Waals surface area (Å²) >= 11 is 0. The molecule has 2 rings (SSSR count). The van der Waals surface area contributed by atoms with E-state index >= 15 is 0 Å². The Labute approximate surface area is 221 Å². The number of hydrogen-bond acceptors (Lipinski definition) is 2. The summed E-state index contributed by atoms with van der Waals surface area (Å²) in [6.07, 6.45) is 31.4. The average molecular weight is 539 g/mol. The molecule has 1 aliphatic rings. The van der Waals surface area contributed by atoms with Crippen LogP contribution in [0.25, 0.3) is 0 Å². The second-order valence-corrected chi connectivity index (χ2v) is 9.89. The van der Waals surface area contributed by atoms with Crippen LogP contribution in [0.2, 0.25) is 0 Å². The van der Waals surface area contributed by atoms with Crippen LogP contribution in [0.5, 0.6) is 0 Å². The summed E-state index contributed by atoms with van der Waals surface area (Å²) in [6.45, 7) is 6.72. The Kier molecular flexibility index (Phi) is 20.9. The zero-order valence-corrected chi connectivity index (χ0v) is 23.5. The van der Waals surface area contributed by atoms with Gasteiger partial charge in [0, 0.05) is 31.3 Å². The first-order valence-corrected chi connectivity index (χ1v) is 14.2. The fourth-order valence-corrected chi connectivity index (χ4v) is 4.70. The van der Waals surface area contributed by atoms with Crippen LogP contribution >= 0.6 is 0 Å². The summed E-state index contributed by atoms with van der Waals surface area (Å²) < 4.78 is 13.8. The lowest BCUT2D eigenvalue weighted by molar-refractivity contribution is -0.697. The van der Waals surface area contributed by atoms with Crippen molar-refractivity contribution in [3.63, 3.8) is 0 Å². The largest absolute Gasteiger partial charge is 1.00 e. The van der Waals surface area contributed by atoms with Gasteiger partial charge < -0.3 is 26.5 Å². The Morgan fingerprint density at radius 2 is 1.56 bits per heavy atom. The highest BCUT2D eigenvalue weighted by atomic mass is 79.9. The van der Waals surface area contributed by atoms with Gasteiger partial charge in [-0.3, -0.25) is 0 Å². The van der Waals surface area contributed by atoms with Crippen LogP contribution in [0.15, 0.2) is 37.2 Å². The maximum atomic E-state index is 5.81. The number of unbranched alkanes of at least 4 members (excludes halogenated alkanes) is 13. The van der Waals surface area contributed by atoms with Gasteiger partial charge in [0.15, 0.2) is 18.7 Å². The molecule has 34 heavy (non-hydrogen) atoms. The van der Waals surface area contributed by atoms with Crippen LogP contribution in [-0.2, 0) is 22.4 Å². The third-order valence-electron chi connectivity index (χ3n) is 6.80. The molecule has 4 heteroatoms. The van der Waals surface area contributed by atoms with E-state index in [-0.39, 0.29) is 23.3 Å². The lowest BCUT2D eigenvalue weighted by Gasteiger charge is -2.22. The van der Waals surface area contributed by atoms with Crippen molar-refractivity contribution in [2.75, 3.05) is 13.2 Å². The predicted octanol–water partition coefficient (Wildman–Crippen LogP) is 5.10. The number of rotatable bonds is 21. The molecule has 0 radical (unpaired) electrons. The smallest absolute Gasteiger partial charge is 0.171 e. The lowest BCUT2D eigenvalue weighted by Crippen LogP contribution is -3.00. The van der Waals surface area contributed by atoms with E-state index in [0.717, 1.165) is 32.6 Å². The van der Waals surface area contributed by atoms with Gasteiger partial charge in [-0.05, 0) is 63.9 Å². The molecular formula is C30H52BrNO2. The first kappa shape index (κ1) is 31.3. The second-order valence-electron chi connectivity index (χ2n) is 9.89. The van der Waals surface area contributed by atoms with Gasteiger partial charge in [-0.1, -0.05) is 63.9 Å². The summed E-state index contributed by atoms with van der Waals surface area (Å²) in [5, 5.41) is 0. The van der Waals surface area contributed by atoms with Crippen molar-refractivity contribution < 1.29 is 31.0 Å². The molecule has 1 saturated heterocycles. The van der Waals surface area contributed by atoms with Crippen molar-refractivity contribution in [2.24, 2.45) is 0 Å². The van der Waals surface area contributed by atoms with E-state index in [9.17, 15) is 0 Å². The minimum atomic E-state index is 0. The zero-order valence-electron chi connectivity index (χ0n) is 21.9. The number of aryl methyl sites for hydroxylation is 2. The van der Waals surface area contributed by atoms with Crippen LogP contribution in [-0.4, -0.2) is 19.5 Å². The number of hydrogen-bond donors (Lipinski definition) is 0. The zero-order chi connectivity index (χ0) is 23.2. The fraction of sp³-hybridized carbons (Fsp3) is 0.767. The molecule has 0 amide bonds. The maximum absolute atomic E-state index is 5.81. The molecule has 2 heterocycles. The molecule has 1 aromatic rings. The lowest BCUT2D eigenvalue weighted by atomic mass is 10.0. The molecule has 196 valence electrons. The van der Waals surface area contributed by atoms with Crippen molar-refractivity contribution >= 4 is 0 Å². The number of pyridine rings is 1. The highest BCUT2D eigenvalue weighted by Crippen LogP contribution is 2.15. The van der Waals surface area contributed by atoms with E-state index < -0.39 is 0 Å². The van der Waals surface area contributed by atoms with Gasteiger partial charge in [0.2, 0.25) is 0 Å². The van der Waals surface area contributed by atoms with Gasteiger partial charge in [0.25, 0.3) is 0 Å². The third kappa shape index (κ3) is 16.8. The van der Waals surface area contributed by atoms with Gasteiger partial charge in [0.05, 0.1) is 0 Å². The molecule has 1 atom stereocenters. The van der Waals surface area contributed by atoms with Crippen LogP contribution in [0, 0.1) is 0 Å². The van der Waals surface area contributed by atoms with Crippen molar-refractivity contribution in [3.8, 4) is 0 Å². The molecule has 3 nitrogen and oxygen atoms in total. The molecule has 0 spiro atoms. The molecule has 0 aliphatic carbocycles. The van der Waals surface area contributed by atoms with Crippen LogP contribution in [0.3, 0.4) is 0 Å². The van der Waals surface area contributed by atoms with E-state index in [1.54, 1.807) is 0 Å². The standard InChI is InChI=1S/C30H52NO2.BrH/c1-2-3-4-5-13-17-24-31-25-20-22-29(28-31)21-15-12-10-8-6-7-9-11-14-18-26-32-30-23-16-19-27-33-30;/h2,20,22,25,28,30H,1,3-19,21,23-24,26-27H2;1H/q+1;/p-1. The van der Waals surface area contributed by atoms with E-state index in [1.807, 2.05) is 6.08 Å². The second kappa shape index (κ2) is 22.7. The highest BCUT2D eigenvalue weighted by Gasteiger charge is 2.13.